The van der Waals surface area contributed by atoms with E-state index in [1.807, 2.05) is 29.2 Å². The summed E-state index contributed by atoms with van der Waals surface area (Å²) in [7, 11) is 0. The van der Waals surface area contributed by atoms with Gasteiger partial charge < -0.3 is 10.2 Å². The first-order valence-corrected chi connectivity index (χ1v) is 12.1. The molecule has 3 aromatic rings. The average Bonchev–Trinajstić information content (AvgIpc) is 3.04. The van der Waals surface area contributed by atoms with E-state index in [1.165, 1.54) is 4.90 Å². The number of rotatable bonds is 7. The van der Waals surface area contributed by atoms with Crippen molar-refractivity contribution in [1.29, 1.82) is 0 Å². The van der Waals surface area contributed by atoms with Crippen LogP contribution in [0.1, 0.15) is 12.0 Å². The Labute approximate surface area is 218 Å². The number of benzene rings is 3. The number of halogens is 3. The van der Waals surface area contributed by atoms with Crippen LogP contribution in [-0.4, -0.2) is 34.4 Å². The van der Waals surface area contributed by atoms with E-state index in [-0.39, 0.29) is 18.2 Å². The fraction of sp³-hybridized carbons (Fsp3) is 0.160. The van der Waals surface area contributed by atoms with Gasteiger partial charge in [0.25, 0.3) is 5.91 Å². The Balaban J connectivity index is 1.55. The highest BCUT2D eigenvalue weighted by Crippen LogP contribution is 2.29. The van der Waals surface area contributed by atoms with Crippen LogP contribution in [0.4, 0.5) is 11.4 Å². The lowest BCUT2D eigenvalue weighted by Gasteiger charge is -2.24. The van der Waals surface area contributed by atoms with Crippen LogP contribution in [0.5, 0.6) is 0 Å². The lowest BCUT2D eigenvalue weighted by molar-refractivity contribution is -0.124. The third kappa shape index (κ3) is 5.70. The van der Waals surface area contributed by atoms with Gasteiger partial charge in [-0.25, -0.2) is 0 Å². The van der Waals surface area contributed by atoms with Crippen molar-refractivity contribution >= 4 is 75.3 Å². The quantitative estimate of drug-likeness (QED) is 0.367. The number of amides is 2. The number of nitrogens with one attached hydrogen (secondary N) is 1. The van der Waals surface area contributed by atoms with Gasteiger partial charge in [0.2, 0.25) is 5.91 Å². The zero-order chi connectivity index (χ0) is 24.2. The Kier molecular flexibility index (Phi) is 7.73. The monoisotopic (exact) mass is 531 g/mol. The zero-order valence-corrected chi connectivity index (χ0v) is 21.0. The van der Waals surface area contributed by atoms with Gasteiger partial charge in [-0.15, -0.1) is 0 Å². The molecule has 174 valence electrons. The van der Waals surface area contributed by atoms with Crippen molar-refractivity contribution in [3.63, 3.8) is 0 Å². The summed E-state index contributed by atoms with van der Waals surface area (Å²) in [4.78, 5) is 29.6. The second kappa shape index (κ2) is 10.7. The summed E-state index contributed by atoms with van der Waals surface area (Å²) in [5.41, 5.74) is 2.26. The Bertz CT molecular complexity index is 1200. The number of carbonyl (C=O) groups excluding carboxylic acids is 2. The lowest BCUT2D eigenvalue weighted by atomic mass is 10.1. The molecule has 0 unspecified atom stereocenters. The normalized spacial score (nSPS) is 15.7. The third-order valence-electron chi connectivity index (χ3n) is 5.46. The number of hydrogen-bond acceptors (Lipinski definition) is 3. The third-order valence-corrected chi connectivity index (χ3v) is 6.64. The molecule has 9 heteroatoms. The first kappa shape index (κ1) is 24.5. The van der Waals surface area contributed by atoms with Gasteiger partial charge in [-0.2, -0.15) is 0 Å². The van der Waals surface area contributed by atoms with E-state index in [0.29, 0.717) is 44.5 Å². The summed E-state index contributed by atoms with van der Waals surface area (Å²) in [6.07, 6.45) is 0.584. The Morgan fingerprint density at radius 2 is 1.38 bits per heavy atom. The Morgan fingerprint density at radius 1 is 0.853 bits per heavy atom. The predicted octanol–water partition coefficient (Wildman–Crippen LogP) is 6.22. The molecule has 3 aromatic carbocycles. The maximum Gasteiger partial charge on any atom is 0.256 e. The molecule has 1 fully saturated rings. The minimum atomic E-state index is -0.734. The zero-order valence-electron chi connectivity index (χ0n) is 17.9. The van der Waals surface area contributed by atoms with E-state index >= 15 is 0 Å². The van der Waals surface area contributed by atoms with Crippen LogP contribution in [0.15, 0.2) is 72.8 Å². The molecular formula is C25H20Cl3N3O2S. The number of hydrogen-bond donors (Lipinski definition) is 1. The Morgan fingerprint density at radius 3 is 1.97 bits per heavy atom. The molecule has 2 amide bonds. The molecule has 0 bridgehead atoms. The van der Waals surface area contributed by atoms with Gasteiger partial charge in [-0.05, 0) is 84.9 Å². The standard InChI is InChI=1S/C25H20Cl3N3O2S/c26-17-3-1-16(2-4-17)13-14-30-22(15-23(32)29-20-9-5-18(27)6-10-20)24(33)31(25(30)34)21-11-7-19(28)8-12-21/h1-12,22H,13-15H2,(H,29,32)/t22-/m0/s1. The van der Waals surface area contributed by atoms with Gasteiger partial charge in [0.05, 0.1) is 12.1 Å². The minimum Gasteiger partial charge on any atom is -0.336 e. The number of nitrogens with zero attached hydrogens (tertiary/aromatic N) is 2. The van der Waals surface area contributed by atoms with Crippen molar-refractivity contribution in [3.8, 4) is 0 Å². The largest absolute Gasteiger partial charge is 0.336 e. The van der Waals surface area contributed by atoms with Crippen LogP contribution in [-0.2, 0) is 16.0 Å². The fourth-order valence-corrected chi connectivity index (χ4v) is 4.53. The van der Waals surface area contributed by atoms with Gasteiger partial charge in [0, 0.05) is 27.3 Å². The predicted molar refractivity (Wildman–Crippen MR) is 142 cm³/mol. The van der Waals surface area contributed by atoms with Gasteiger partial charge in [0.15, 0.2) is 5.11 Å². The highest BCUT2D eigenvalue weighted by Gasteiger charge is 2.43. The van der Waals surface area contributed by atoms with Crippen molar-refractivity contribution in [1.82, 2.24) is 4.90 Å². The van der Waals surface area contributed by atoms with E-state index in [2.05, 4.69) is 5.32 Å². The SMILES string of the molecule is O=C(C[C@H]1C(=O)N(c2ccc(Cl)cc2)C(=S)N1CCc1ccc(Cl)cc1)Nc1ccc(Cl)cc1. The molecule has 0 aliphatic carbocycles. The first-order valence-electron chi connectivity index (χ1n) is 10.5. The molecule has 1 N–H and O–H groups in total. The van der Waals surface area contributed by atoms with Crippen molar-refractivity contribution in [2.24, 2.45) is 0 Å². The minimum absolute atomic E-state index is 0.0493. The molecule has 1 atom stereocenters. The molecule has 0 aromatic heterocycles. The molecule has 0 radical (unpaired) electrons. The van der Waals surface area contributed by atoms with Gasteiger partial charge in [-0.1, -0.05) is 46.9 Å². The maximum absolute atomic E-state index is 13.4. The average molecular weight is 533 g/mol. The topological polar surface area (TPSA) is 52.7 Å². The Hall–Kier alpha value is -2.64. The fourth-order valence-electron chi connectivity index (χ4n) is 3.74. The van der Waals surface area contributed by atoms with Crippen LogP contribution in [0.25, 0.3) is 0 Å². The highest BCUT2D eigenvalue weighted by molar-refractivity contribution is 7.80. The van der Waals surface area contributed by atoms with Crippen molar-refractivity contribution < 1.29 is 9.59 Å². The smallest absolute Gasteiger partial charge is 0.256 e. The van der Waals surface area contributed by atoms with E-state index in [9.17, 15) is 9.59 Å². The van der Waals surface area contributed by atoms with Crippen LogP contribution < -0.4 is 10.2 Å². The first-order chi connectivity index (χ1) is 16.3. The number of thiocarbonyl (C=S) groups is 1. The summed E-state index contributed by atoms with van der Waals surface area (Å²) in [6, 6.07) is 20.4. The molecule has 4 rings (SSSR count). The van der Waals surface area contributed by atoms with Crippen molar-refractivity contribution in [3.05, 3.63) is 93.4 Å². The van der Waals surface area contributed by atoms with E-state index in [4.69, 9.17) is 47.0 Å². The second-order valence-corrected chi connectivity index (χ2v) is 9.45. The second-order valence-electron chi connectivity index (χ2n) is 7.78. The summed E-state index contributed by atoms with van der Waals surface area (Å²) in [5, 5.41) is 4.96. The van der Waals surface area contributed by atoms with Crippen LogP contribution in [0.3, 0.4) is 0 Å². The molecule has 1 aliphatic heterocycles. The lowest BCUT2D eigenvalue weighted by Crippen LogP contribution is -2.39. The van der Waals surface area contributed by atoms with Crippen LogP contribution in [0, 0.1) is 0 Å². The van der Waals surface area contributed by atoms with Crippen LogP contribution >= 0.6 is 47.0 Å². The molecule has 0 saturated carbocycles. The van der Waals surface area contributed by atoms with Gasteiger partial charge in [0.1, 0.15) is 6.04 Å². The van der Waals surface area contributed by atoms with Gasteiger partial charge >= 0.3 is 0 Å². The number of anilines is 2. The summed E-state index contributed by atoms with van der Waals surface area (Å²) in [6.45, 7) is 0.467. The summed E-state index contributed by atoms with van der Waals surface area (Å²) in [5.74, 6) is -0.549. The van der Waals surface area contributed by atoms with E-state index in [0.717, 1.165) is 5.56 Å². The van der Waals surface area contributed by atoms with Crippen molar-refractivity contribution in [2.75, 3.05) is 16.8 Å². The summed E-state index contributed by atoms with van der Waals surface area (Å²) >= 11 is 23.6. The highest BCUT2D eigenvalue weighted by atomic mass is 35.5. The van der Waals surface area contributed by atoms with Crippen molar-refractivity contribution in [2.45, 2.75) is 18.9 Å². The molecule has 1 heterocycles. The van der Waals surface area contributed by atoms with Crippen LogP contribution in [0.2, 0.25) is 15.1 Å². The number of carbonyl (C=O) groups is 2. The van der Waals surface area contributed by atoms with E-state index in [1.54, 1.807) is 48.5 Å². The molecule has 1 saturated heterocycles. The molecule has 0 spiro atoms. The maximum atomic E-state index is 13.4. The molecule has 34 heavy (non-hydrogen) atoms. The van der Waals surface area contributed by atoms with E-state index < -0.39 is 6.04 Å². The molecular weight excluding hydrogens is 513 g/mol. The summed E-state index contributed by atoms with van der Waals surface area (Å²) < 4.78 is 0. The molecule has 5 nitrogen and oxygen atoms in total. The van der Waals surface area contributed by atoms with Gasteiger partial charge in [-0.3, -0.25) is 14.5 Å². The molecule has 1 aliphatic rings.